The summed E-state index contributed by atoms with van der Waals surface area (Å²) >= 11 is 0. The zero-order valence-corrected chi connectivity index (χ0v) is 28.1. The van der Waals surface area contributed by atoms with Gasteiger partial charge in [-0.15, -0.1) is 0 Å². The van der Waals surface area contributed by atoms with Gasteiger partial charge in [-0.05, 0) is 97.7 Å². The molecule has 7 nitrogen and oxygen atoms in total. The fraction of sp³-hybridized carbons (Fsp3) is 0.421. The summed E-state index contributed by atoms with van der Waals surface area (Å²) < 4.78 is 45.6. The van der Waals surface area contributed by atoms with E-state index in [2.05, 4.69) is 48.1 Å². The molecule has 1 saturated carbocycles. The number of aromatic nitrogens is 1. The molecule has 1 aliphatic heterocycles. The van der Waals surface area contributed by atoms with E-state index in [1.165, 1.54) is 17.7 Å². The minimum Gasteiger partial charge on any atom is -0.497 e. The molecule has 1 aromatic heterocycles. The molecular formula is C38H43F3N4O3. The van der Waals surface area contributed by atoms with Gasteiger partial charge in [0.1, 0.15) is 11.3 Å². The van der Waals surface area contributed by atoms with Crippen LogP contribution in [0.1, 0.15) is 61.4 Å². The van der Waals surface area contributed by atoms with Crippen LogP contribution in [-0.4, -0.2) is 59.4 Å². The van der Waals surface area contributed by atoms with Crippen molar-refractivity contribution in [3.05, 3.63) is 95.2 Å². The highest BCUT2D eigenvalue weighted by Crippen LogP contribution is 2.67. The summed E-state index contributed by atoms with van der Waals surface area (Å²) in [4.78, 5) is 36.4. The minimum absolute atomic E-state index is 0.0145. The number of anilines is 1. The van der Waals surface area contributed by atoms with Gasteiger partial charge in [-0.2, -0.15) is 13.2 Å². The first-order chi connectivity index (χ1) is 22.7. The zero-order valence-electron chi connectivity index (χ0n) is 28.1. The molecule has 10 heteroatoms. The lowest BCUT2D eigenvalue weighted by Crippen LogP contribution is -2.62. The topological polar surface area (TPSA) is 77.7 Å². The standard InChI is InChI=1S/C38H43F3N4O3/c1-24-33(29-8-6-7-9-31(29)42-24)34-30(36(34,2)3)22-32(46)45(23-25-10-12-26(13-11-25)38(39,40)41)37(18-20-44(4)21-19-37)35(47)43-27-14-16-28(48-5)17-15-27/h6-17,30,34,42H,18-23H2,1-5H3,(H,43,47)/t30-,34-/m0/s1. The Kier molecular flexibility index (Phi) is 8.83. The number of carbonyl (C=O) groups excluding carboxylic acids is 2. The highest BCUT2D eigenvalue weighted by atomic mass is 19.4. The average molecular weight is 661 g/mol. The largest absolute Gasteiger partial charge is 0.497 e. The van der Waals surface area contributed by atoms with Crippen molar-refractivity contribution in [2.24, 2.45) is 11.3 Å². The first kappa shape index (κ1) is 33.6. The number of hydrogen-bond acceptors (Lipinski definition) is 4. The Balaban J connectivity index is 1.35. The second kappa shape index (κ2) is 12.6. The maximum absolute atomic E-state index is 14.7. The van der Waals surface area contributed by atoms with Crippen molar-refractivity contribution in [3.8, 4) is 5.75 Å². The van der Waals surface area contributed by atoms with E-state index in [-0.39, 0.29) is 42.0 Å². The molecule has 2 N–H and O–H groups in total. The number of H-pyrrole nitrogens is 1. The zero-order chi connectivity index (χ0) is 34.4. The molecule has 48 heavy (non-hydrogen) atoms. The van der Waals surface area contributed by atoms with Gasteiger partial charge in [0.25, 0.3) is 0 Å². The number of aryl methyl sites for hydroxylation is 1. The molecule has 2 heterocycles. The molecule has 1 aliphatic carbocycles. The van der Waals surface area contributed by atoms with Gasteiger partial charge in [0.15, 0.2) is 0 Å². The Bertz CT molecular complexity index is 1790. The second-order valence-corrected chi connectivity index (χ2v) is 14.0. The smallest absolute Gasteiger partial charge is 0.416 e. The van der Waals surface area contributed by atoms with E-state index in [1.54, 1.807) is 36.3 Å². The van der Waals surface area contributed by atoms with Crippen molar-refractivity contribution in [2.45, 2.75) is 64.2 Å². The molecule has 2 aliphatic rings. The summed E-state index contributed by atoms with van der Waals surface area (Å²) in [5, 5.41) is 4.20. The lowest BCUT2D eigenvalue weighted by atomic mass is 9.83. The Morgan fingerprint density at radius 3 is 2.27 bits per heavy atom. The fourth-order valence-electron chi connectivity index (χ4n) is 7.69. The highest BCUT2D eigenvalue weighted by molar-refractivity contribution is 6.01. The minimum atomic E-state index is -4.48. The van der Waals surface area contributed by atoms with E-state index in [9.17, 15) is 22.8 Å². The number of piperidine rings is 1. The number of nitrogens with one attached hydrogen (secondary N) is 2. The third kappa shape index (κ3) is 6.30. The third-order valence-electron chi connectivity index (χ3n) is 10.7. The fourth-order valence-corrected chi connectivity index (χ4v) is 7.69. The predicted octanol–water partition coefficient (Wildman–Crippen LogP) is 7.77. The number of fused-ring (bicyclic) bond motifs is 1. The van der Waals surface area contributed by atoms with Gasteiger partial charge >= 0.3 is 6.18 Å². The Morgan fingerprint density at radius 1 is 1.00 bits per heavy atom. The number of rotatable bonds is 9. The van der Waals surface area contributed by atoms with Crippen LogP contribution < -0.4 is 10.1 Å². The van der Waals surface area contributed by atoms with Crippen LogP contribution in [0.4, 0.5) is 18.9 Å². The third-order valence-corrected chi connectivity index (χ3v) is 10.7. The van der Waals surface area contributed by atoms with E-state index in [1.807, 2.05) is 19.2 Å². The van der Waals surface area contributed by atoms with Crippen molar-refractivity contribution < 1.29 is 27.5 Å². The molecule has 2 amide bonds. The van der Waals surface area contributed by atoms with Gasteiger partial charge in [-0.3, -0.25) is 9.59 Å². The van der Waals surface area contributed by atoms with E-state index in [4.69, 9.17) is 4.74 Å². The van der Waals surface area contributed by atoms with Gasteiger partial charge < -0.3 is 24.8 Å². The molecule has 0 spiro atoms. The number of alkyl halides is 3. The van der Waals surface area contributed by atoms with Crippen LogP contribution in [-0.2, 0) is 22.3 Å². The monoisotopic (exact) mass is 660 g/mol. The molecule has 1 saturated heterocycles. The number of amides is 2. The normalized spacial score (nSPS) is 20.3. The van der Waals surface area contributed by atoms with Gasteiger partial charge in [0.05, 0.1) is 12.7 Å². The molecular weight excluding hydrogens is 617 g/mol. The van der Waals surface area contributed by atoms with E-state index in [0.29, 0.717) is 42.9 Å². The summed E-state index contributed by atoms with van der Waals surface area (Å²) in [5.41, 5.74) is 2.32. The summed E-state index contributed by atoms with van der Waals surface area (Å²) in [6.45, 7) is 7.60. The SMILES string of the molecule is COc1ccc(NC(=O)C2(N(Cc3ccc(C(F)(F)F)cc3)C(=O)C[C@H]3[C@@H](c4c(C)[nH]c5ccccc45)C3(C)C)CCN(C)CC2)cc1. The van der Waals surface area contributed by atoms with E-state index in [0.717, 1.165) is 28.7 Å². The second-order valence-electron chi connectivity index (χ2n) is 14.0. The number of benzene rings is 3. The van der Waals surface area contributed by atoms with Crippen molar-refractivity contribution >= 4 is 28.4 Å². The molecule has 0 bridgehead atoms. The Morgan fingerprint density at radius 2 is 1.65 bits per heavy atom. The summed E-state index contributed by atoms with van der Waals surface area (Å²) in [6.07, 6.45) is -3.49. The van der Waals surface area contributed by atoms with Gasteiger partial charge in [-0.1, -0.05) is 44.2 Å². The van der Waals surface area contributed by atoms with Crippen molar-refractivity contribution in [1.82, 2.24) is 14.8 Å². The quantitative estimate of drug-likeness (QED) is 0.192. The van der Waals surface area contributed by atoms with Crippen molar-refractivity contribution in [2.75, 3.05) is 32.6 Å². The first-order valence-corrected chi connectivity index (χ1v) is 16.4. The molecule has 3 aromatic carbocycles. The molecule has 0 radical (unpaired) electrons. The van der Waals surface area contributed by atoms with Crippen LogP contribution in [0.5, 0.6) is 5.75 Å². The van der Waals surface area contributed by atoms with E-state index >= 15 is 0 Å². The number of carbonyl (C=O) groups is 2. The van der Waals surface area contributed by atoms with Crippen molar-refractivity contribution in [1.29, 1.82) is 0 Å². The molecule has 2 fully saturated rings. The molecule has 254 valence electrons. The highest BCUT2D eigenvalue weighted by Gasteiger charge is 2.60. The van der Waals surface area contributed by atoms with Gasteiger partial charge in [0, 0.05) is 48.3 Å². The molecule has 6 rings (SSSR count). The lowest BCUT2D eigenvalue weighted by molar-refractivity contribution is -0.150. The number of ether oxygens (including phenoxy) is 1. The van der Waals surface area contributed by atoms with Crippen LogP contribution in [0.25, 0.3) is 10.9 Å². The number of halogens is 3. The average Bonchev–Trinajstić information content (AvgIpc) is 3.40. The van der Waals surface area contributed by atoms with E-state index < -0.39 is 17.3 Å². The van der Waals surface area contributed by atoms with Crippen LogP contribution >= 0.6 is 0 Å². The maximum Gasteiger partial charge on any atom is 0.416 e. The maximum atomic E-state index is 14.7. The summed E-state index contributed by atoms with van der Waals surface area (Å²) in [7, 11) is 3.55. The lowest BCUT2D eigenvalue weighted by Gasteiger charge is -2.47. The number of hydrogen-bond donors (Lipinski definition) is 2. The molecule has 4 aromatic rings. The Labute approximate surface area is 279 Å². The Hall–Kier alpha value is -4.31. The first-order valence-electron chi connectivity index (χ1n) is 16.4. The summed E-state index contributed by atoms with van der Waals surface area (Å²) in [5.74, 6) is 0.314. The molecule has 0 unspecified atom stereocenters. The summed E-state index contributed by atoms with van der Waals surface area (Å²) in [6, 6.07) is 20.1. The van der Waals surface area contributed by atoms with Gasteiger partial charge in [-0.25, -0.2) is 0 Å². The van der Waals surface area contributed by atoms with Crippen LogP contribution in [0.15, 0.2) is 72.8 Å². The molecule has 2 atom stereocenters. The predicted molar refractivity (Wildman–Crippen MR) is 181 cm³/mol. The number of nitrogens with zero attached hydrogens (tertiary/aromatic N) is 2. The number of methoxy groups -OCH3 is 1. The van der Waals surface area contributed by atoms with Crippen LogP contribution in [0.3, 0.4) is 0 Å². The van der Waals surface area contributed by atoms with Gasteiger partial charge in [0.2, 0.25) is 11.8 Å². The van der Waals surface area contributed by atoms with Crippen LogP contribution in [0.2, 0.25) is 0 Å². The number of aromatic amines is 1. The number of likely N-dealkylation sites (tertiary alicyclic amines) is 1. The number of para-hydroxylation sites is 1. The van der Waals surface area contributed by atoms with Crippen LogP contribution in [0, 0.1) is 18.3 Å². The van der Waals surface area contributed by atoms with Crippen molar-refractivity contribution in [3.63, 3.8) is 0 Å².